The lowest BCUT2D eigenvalue weighted by atomic mass is 10.0. The van der Waals surface area contributed by atoms with Crippen LogP contribution in [-0.4, -0.2) is 46.9 Å². The van der Waals surface area contributed by atoms with E-state index in [2.05, 4.69) is 86.8 Å². The number of nitrogens with one attached hydrogen (secondary N) is 1. The van der Waals surface area contributed by atoms with Crippen LogP contribution < -0.4 is 5.32 Å². The topological polar surface area (TPSA) is 95.9 Å². The number of carbonyl (C=O) groups is 2. The van der Waals surface area contributed by atoms with E-state index >= 15 is 0 Å². The molecule has 0 fully saturated rings. The highest BCUT2D eigenvalue weighted by atomic mass is 16.5. The number of ether oxygens (including phenoxy) is 1. The lowest BCUT2D eigenvalue weighted by Crippen LogP contribution is -2.46. The number of aliphatic hydroxyl groups is 2. The van der Waals surface area contributed by atoms with Gasteiger partial charge in [-0.1, -0.05) is 229 Å². The van der Waals surface area contributed by atoms with E-state index in [1.54, 1.807) is 0 Å². The van der Waals surface area contributed by atoms with Gasteiger partial charge in [0.15, 0.2) is 0 Å². The lowest BCUT2D eigenvalue weighted by Gasteiger charge is -2.24. The first kappa shape index (κ1) is 57.6. The zero-order valence-electron chi connectivity index (χ0n) is 39.6. The van der Waals surface area contributed by atoms with Gasteiger partial charge in [-0.3, -0.25) is 9.59 Å². The summed E-state index contributed by atoms with van der Waals surface area (Å²) >= 11 is 0. The molecule has 6 heteroatoms. The second-order valence-electron chi connectivity index (χ2n) is 17.2. The monoisotopic (exact) mass is 840 g/mol. The second-order valence-corrected chi connectivity index (χ2v) is 17.2. The summed E-state index contributed by atoms with van der Waals surface area (Å²) in [5, 5.41) is 23.7. The maximum atomic E-state index is 13.2. The number of aliphatic hydroxyl groups excluding tert-OH is 2. The molecule has 3 unspecified atom stereocenters. The average molecular weight is 840 g/mol. The van der Waals surface area contributed by atoms with Gasteiger partial charge >= 0.3 is 5.97 Å². The van der Waals surface area contributed by atoms with Crippen molar-refractivity contribution in [1.82, 2.24) is 5.32 Å². The maximum Gasteiger partial charge on any atom is 0.306 e. The highest BCUT2D eigenvalue weighted by Crippen LogP contribution is 2.17. The highest BCUT2D eigenvalue weighted by molar-refractivity contribution is 5.77. The summed E-state index contributed by atoms with van der Waals surface area (Å²) in [5.41, 5.74) is 0. The zero-order chi connectivity index (χ0) is 43.8. The van der Waals surface area contributed by atoms with Crippen LogP contribution in [0.4, 0.5) is 0 Å². The molecule has 0 aliphatic rings. The van der Waals surface area contributed by atoms with Crippen molar-refractivity contribution in [3.05, 3.63) is 60.8 Å². The van der Waals surface area contributed by atoms with E-state index < -0.39 is 18.2 Å². The van der Waals surface area contributed by atoms with Gasteiger partial charge in [0, 0.05) is 6.42 Å². The zero-order valence-corrected chi connectivity index (χ0v) is 39.6. The van der Waals surface area contributed by atoms with Crippen LogP contribution in [-0.2, 0) is 14.3 Å². The van der Waals surface area contributed by atoms with Gasteiger partial charge in [0.1, 0.15) is 6.10 Å². The standard InChI is InChI=1S/C54H97NO5/c1-4-7-10-13-16-19-22-24-26-27-28-29-31-33-36-39-42-45-50(60-54(59)47-44-41-38-35-21-18-15-12-9-6-3)48-53(58)55-51(49-56)52(57)46-43-40-37-34-32-30-25-23-20-17-14-11-8-5-2/h7,10,16,19,24,26,28-29,33,36,50-52,56-57H,4-6,8-9,11-15,17-18,20-23,25,27,30-32,34-35,37-49H2,1-3H3,(H,55,58)/b10-7-,19-16-,26-24-,29-28-,36-33-. The van der Waals surface area contributed by atoms with Crippen molar-refractivity contribution in [2.24, 2.45) is 0 Å². The summed E-state index contributed by atoms with van der Waals surface area (Å²) in [6.45, 7) is 6.34. The summed E-state index contributed by atoms with van der Waals surface area (Å²) in [5.74, 6) is -0.528. The third kappa shape index (κ3) is 42.3. The molecule has 0 bridgehead atoms. The number of hydrogen-bond acceptors (Lipinski definition) is 5. The maximum absolute atomic E-state index is 13.2. The van der Waals surface area contributed by atoms with Crippen molar-refractivity contribution in [3.63, 3.8) is 0 Å². The Hall–Kier alpha value is -2.44. The highest BCUT2D eigenvalue weighted by Gasteiger charge is 2.24. The van der Waals surface area contributed by atoms with Gasteiger partial charge in [-0.25, -0.2) is 0 Å². The number of hydrogen-bond donors (Lipinski definition) is 3. The van der Waals surface area contributed by atoms with Crippen molar-refractivity contribution in [2.75, 3.05) is 6.61 Å². The van der Waals surface area contributed by atoms with Crippen LogP contribution in [0.5, 0.6) is 0 Å². The number of amides is 1. The SMILES string of the molecule is CC/C=C\C/C=C\C/C=C\C/C=C\C/C=C\CCCC(CC(=O)NC(CO)C(O)CCCCCCCCCCCCCCCC)OC(=O)CCCCCCCCCCCC. The Morgan fingerprint density at radius 1 is 0.500 bits per heavy atom. The van der Waals surface area contributed by atoms with E-state index in [0.29, 0.717) is 19.3 Å². The number of carbonyl (C=O) groups excluding carboxylic acids is 2. The van der Waals surface area contributed by atoms with Gasteiger partial charge in [-0.05, 0) is 64.2 Å². The minimum atomic E-state index is -0.802. The Morgan fingerprint density at radius 3 is 1.33 bits per heavy atom. The second kappa shape index (κ2) is 47.6. The van der Waals surface area contributed by atoms with E-state index in [9.17, 15) is 19.8 Å². The molecule has 60 heavy (non-hydrogen) atoms. The number of rotatable bonds is 45. The van der Waals surface area contributed by atoms with Crippen molar-refractivity contribution in [2.45, 2.75) is 264 Å². The van der Waals surface area contributed by atoms with E-state index in [4.69, 9.17) is 4.74 Å². The quantitative estimate of drug-likeness (QED) is 0.0322. The van der Waals surface area contributed by atoms with Crippen molar-refractivity contribution >= 4 is 11.9 Å². The molecular formula is C54H97NO5. The summed E-state index contributed by atoms with van der Waals surface area (Å²) in [6, 6.07) is -0.719. The number of unbranched alkanes of at least 4 members (excludes halogenated alkanes) is 23. The molecule has 0 aliphatic heterocycles. The molecule has 0 heterocycles. The molecule has 3 atom stereocenters. The first-order chi connectivity index (χ1) is 29.5. The Morgan fingerprint density at radius 2 is 0.900 bits per heavy atom. The van der Waals surface area contributed by atoms with Crippen LogP contribution in [0.3, 0.4) is 0 Å². The fraction of sp³-hybridized carbons (Fsp3) is 0.778. The number of allylic oxidation sites excluding steroid dienone is 10. The molecule has 0 saturated carbocycles. The first-order valence-electron chi connectivity index (χ1n) is 25.5. The van der Waals surface area contributed by atoms with Crippen LogP contribution in [0, 0.1) is 0 Å². The van der Waals surface area contributed by atoms with E-state index in [1.807, 2.05) is 0 Å². The van der Waals surface area contributed by atoms with E-state index in [-0.39, 0.29) is 24.9 Å². The molecule has 0 spiro atoms. The predicted molar refractivity (Wildman–Crippen MR) is 259 cm³/mol. The molecule has 0 aromatic heterocycles. The molecule has 348 valence electrons. The summed E-state index contributed by atoms with van der Waals surface area (Å²) in [7, 11) is 0. The smallest absolute Gasteiger partial charge is 0.306 e. The molecular weight excluding hydrogens is 743 g/mol. The van der Waals surface area contributed by atoms with Gasteiger partial charge in [0.2, 0.25) is 5.91 Å². The van der Waals surface area contributed by atoms with Crippen LogP contribution in [0.15, 0.2) is 60.8 Å². The normalized spacial score (nSPS) is 13.8. The van der Waals surface area contributed by atoms with Crippen molar-refractivity contribution in [1.29, 1.82) is 0 Å². The molecule has 0 aliphatic carbocycles. The van der Waals surface area contributed by atoms with Crippen LogP contribution in [0.2, 0.25) is 0 Å². The molecule has 6 nitrogen and oxygen atoms in total. The largest absolute Gasteiger partial charge is 0.462 e. The van der Waals surface area contributed by atoms with Gasteiger partial charge in [-0.2, -0.15) is 0 Å². The summed E-state index contributed by atoms with van der Waals surface area (Å²) < 4.78 is 5.89. The van der Waals surface area contributed by atoms with Gasteiger partial charge in [0.05, 0.1) is 25.2 Å². The molecule has 3 N–H and O–H groups in total. The van der Waals surface area contributed by atoms with E-state index in [1.165, 1.54) is 116 Å². The van der Waals surface area contributed by atoms with Crippen molar-refractivity contribution in [3.8, 4) is 0 Å². The van der Waals surface area contributed by atoms with E-state index in [0.717, 1.165) is 83.5 Å². The summed E-state index contributed by atoms with van der Waals surface area (Å²) in [4.78, 5) is 26.1. The van der Waals surface area contributed by atoms with Crippen molar-refractivity contribution < 1.29 is 24.5 Å². The first-order valence-corrected chi connectivity index (χ1v) is 25.5. The molecule has 1 amide bonds. The Labute approximate surface area is 371 Å². The Bertz CT molecular complexity index is 1080. The predicted octanol–water partition coefficient (Wildman–Crippen LogP) is 15.2. The Balaban J connectivity index is 4.66. The third-order valence-electron chi connectivity index (χ3n) is 11.4. The molecule has 0 saturated heterocycles. The fourth-order valence-corrected chi connectivity index (χ4v) is 7.52. The third-order valence-corrected chi connectivity index (χ3v) is 11.4. The lowest BCUT2D eigenvalue weighted by molar-refractivity contribution is -0.151. The fourth-order valence-electron chi connectivity index (χ4n) is 7.52. The van der Waals surface area contributed by atoms with Gasteiger partial charge in [0.25, 0.3) is 0 Å². The number of esters is 1. The Kier molecular flexibility index (Phi) is 45.7. The van der Waals surface area contributed by atoms with Crippen LogP contribution in [0.25, 0.3) is 0 Å². The average Bonchev–Trinajstić information content (AvgIpc) is 3.24. The molecule has 0 rings (SSSR count). The minimum Gasteiger partial charge on any atom is -0.462 e. The van der Waals surface area contributed by atoms with Gasteiger partial charge in [-0.15, -0.1) is 0 Å². The van der Waals surface area contributed by atoms with Crippen LogP contribution in [0.1, 0.15) is 245 Å². The molecule has 0 radical (unpaired) electrons. The van der Waals surface area contributed by atoms with Crippen LogP contribution >= 0.6 is 0 Å². The summed E-state index contributed by atoms with van der Waals surface area (Å²) in [6.07, 6.45) is 58.5. The minimum absolute atomic E-state index is 0.0392. The molecule has 0 aromatic carbocycles. The van der Waals surface area contributed by atoms with Gasteiger partial charge < -0.3 is 20.3 Å². The molecule has 0 aromatic rings.